The normalized spacial score (nSPS) is 11.7. The smallest absolute Gasteiger partial charge is 0.407 e. The van der Waals surface area contributed by atoms with Crippen LogP contribution in [0.15, 0.2) is 64.8 Å². The van der Waals surface area contributed by atoms with Crippen LogP contribution in [0.5, 0.6) is 0 Å². The number of nitrogens with zero attached hydrogens (tertiary/aromatic N) is 2. The summed E-state index contributed by atoms with van der Waals surface area (Å²) in [4.78, 5) is 24.9. The molecular formula is C19H19N3O3S. The molecule has 1 aromatic carbocycles. The van der Waals surface area contributed by atoms with E-state index in [0.717, 1.165) is 16.1 Å². The molecule has 3 aromatic rings. The molecule has 0 aliphatic rings. The van der Waals surface area contributed by atoms with Gasteiger partial charge >= 0.3 is 6.09 Å². The Bertz CT molecular complexity index is 907. The van der Waals surface area contributed by atoms with E-state index in [2.05, 4.69) is 10.4 Å². The van der Waals surface area contributed by atoms with Crippen LogP contribution in [0.4, 0.5) is 4.79 Å². The van der Waals surface area contributed by atoms with E-state index in [4.69, 9.17) is 4.74 Å². The SMILES string of the molecule is CC(CNC(=O)OCc1ccccc1)n1nc(-c2cccs2)ccc1=O. The van der Waals surface area contributed by atoms with E-state index in [-0.39, 0.29) is 24.8 Å². The van der Waals surface area contributed by atoms with E-state index in [1.807, 2.05) is 54.8 Å². The van der Waals surface area contributed by atoms with Gasteiger partial charge in [-0.2, -0.15) is 5.10 Å². The average Bonchev–Trinajstić information content (AvgIpc) is 3.20. The van der Waals surface area contributed by atoms with Crippen molar-refractivity contribution in [3.8, 4) is 10.6 Å². The van der Waals surface area contributed by atoms with E-state index >= 15 is 0 Å². The van der Waals surface area contributed by atoms with Crippen molar-refractivity contribution in [2.75, 3.05) is 6.54 Å². The molecule has 1 N–H and O–H groups in total. The molecule has 7 heteroatoms. The van der Waals surface area contributed by atoms with Gasteiger partial charge in [-0.3, -0.25) is 4.79 Å². The van der Waals surface area contributed by atoms with Crippen molar-refractivity contribution in [1.29, 1.82) is 0 Å². The first-order valence-corrected chi connectivity index (χ1v) is 9.10. The molecule has 26 heavy (non-hydrogen) atoms. The maximum atomic E-state index is 12.1. The molecule has 0 spiro atoms. The van der Waals surface area contributed by atoms with Gasteiger partial charge in [0.1, 0.15) is 12.3 Å². The molecule has 0 aliphatic heterocycles. The molecule has 3 rings (SSSR count). The van der Waals surface area contributed by atoms with Gasteiger partial charge in [-0.05, 0) is 30.0 Å². The van der Waals surface area contributed by atoms with Crippen LogP contribution in [0.1, 0.15) is 18.5 Å². The number of aromatic nitrogens is 2. The highest BCUT2D eigenvalue weighted by Gasteiger charge is 2.12. The summed E-state index contributed by atoms with van der Waals surface area (Å²) in [7, 11) is 0. The maximum absolute atomic E-state index is 12.1. The molecule has 0 radical (unpaired) electrons. The third kappa shape index (κ3) is 4.58. The van der Waals surface area contributed by atoms with Crippen molar-refractivity contribution in [3.05, 3.63) is 75.9 Å². The van der Waals surface area contributed by atoms with Crippen LogP contribution >= 0.6 is 11.3 Å². The molecule has 0 saturated heterocycles. The molecule has 1 amide bonds. The molecule has 0 fully saturated rings. The summed E-state index contributed by atoms with van der Waals surface area (Å²) in [5.41, 5.74) is 1.44. The van der Waals surface area contributed by atoms with Gasteiger partial charge in [0, 0.05) is 12.6 Å². The van der Waals surface area contributed by atoms with Gasteiger partial charge in [0.15, 0.2) is 0 Å². The van der Waals surface area contributed by atoms with E-state index in [9.17, 15) is 9.59 Å². The van der Waals surface area contributed by atoms with Crippen molar-refractivity contribution < 1.29 is 9.53 Å². The van der Waals surface area contributed by atoms with Crippen molar-refractivity contribution in [2.45, 2.75) is 19.6 Å². The quantitative estimate of drug-likeness (QED) is 0.722. The minimum Gasteiger partial charge on any atom is -0.445 e. The zero-order valence-corrected chi connectivity index (χ0v) is 15.1. The van der Waals surface area contributed by atoms with Gasteiger partial charge in [-0.25, -0.2) is 9.48 Å². The molecule has 2 heterocycles. The van der Waals surface area contributed by atoms with Gasteiger partial charge in [0.25, 0.3) is 5.56 Å². The number of nitrogens with one attached hydrogen (secondary N) is 1. The molecule has 2 aromatic heterocycles. The zero-order valence-electron chi connectivity index (χ0n) is 14.3. The Morgan fingerprint density at radius 2 is 2.00 bits per heavy atom. The summed E-state index contributed by atoms with van der Waals surface area (Å²) in [6.45, 7) is 2.27. The third-order valence-corrected chi connectivity index (χ3v) is 4.66. The van der Waals surface area contributed by atoms with Gasteiger partial charge < -0.3 is 10.1 Å². The fraction of sp³-hybridized carbons (Fsp3) is 0.211. The Morgan fingerprint density at radius 1 is 1.19 bits per heavy atom. The van der Waals surface area contributed by atoms with Crippen LogP contribution in [0.3, 0.4) is 0 Å². The van der Waals surface area contributed by atoms with Gasteiger partial charge in [-0.1, -0.05) is 36.4 Å². The maximum Gasteiger partial charge on any atom is 0.407 e. The first-order valence-electron chi connectivity index (χ1n) is 8.22. The number of carbonyl (C=O) groups excluding carboxylic acids is 1. The summed E-state index contributed by atoms with van der Waals surface area (Å²) >= 11 is 1.56. The minimum atomic E-state index is -0.525. The standard InChI is InChI=1S/C19H19N3O3S/c1-14(12-20-19(24)25-13-15-6-3-2-4-7-15)22-18(23)10-9-16(21-22)17-8-5-11-26-17/h2-11,14H,12-13H2,1H3,(H,20,24). The van der Waals surface area contributed by atoms with Crippen LogP contribution < -0.4 is 10.9 Å². The Hall–Kier alpha value is -2.93. The van der Waals surface area contributed by atoms with Gasteiger partial charge in [-0.15, -0.1) is 11.3 Å². The predicted octanol–water partition coefficient (Wildman–Crippen LogP) is 3.46. The molecule has 0 saturated carbocycles. The Labute approximate surface area is 155 Å². The number of rotatable bonds is 6. The van der Waals surface area contributed by atoms with E-state index in [0.29, 0.717) is 0 Å². The Kier molecular flexibility index (Phi) is 5.80. The Morgan fingerprint density at radius 3 is 2.73 bits per heavy atom. The lowest BCUT2D eigenvalue weighted by molar-refractivity contribution is 0.138. The fourth-order valence-corrected chi connectivity index (χ4v) is 3.08. The van der Waals surface area contributed by atoms with Crippen molar-refractivity contribution in [3.63, 3.8) is 0 Å². The van der Waals surface area contributed by atoms with Crippen molar-refractivity contribution >= 4 is 17.4 Å². The molecule has 0 bridgehead atoms. The number of benzene rings is 1. The first kappa shape index (κ1) is 17.9. The Balaban J connectivity index is 1.57. The second-order valence-corrected chi connectivity index (χ2v) is 6.72. The molecule has 0 aliphatic carbocycles. The number of amides is 1. The number of carbonyl (C=O) groups is 1. The van der Waals surface area contributed by atoms with Crippen LogP contribution in [0.25, 0.3) is 10.6 Å². The first-order chi connectivity index (χ1) is 12.6. The topological polar surface area (TPSA) is 73.2 Å². The minimum absolute atomic E-state index is 0.202. The predicted molar refractivity (Wildman–Crippen MR) is 101 cm³/mol. The zero-order chi connectivity index (χ0) is 18.4. The summed E-state index contributed by atoms with van der Waals surface area (Å²) in [5.74, 6) is 0. The van der Waals surface area contributed by atoms with E-state index < -0.39 is 6.09 Å². The average molecular weight is 369 g/mol. The molecule has 6 nitrogen and oxygen atoms in total. The molecule has 1 unspecified atom stereocenters. The number of alkyl carbamates (subject to hydrolysis) is 1. The summed E-state index contributed by atoms with van der Waals surface area (Å²) in [6.07, 6.45) is -0.525. The van der Waals surface area contributed by atoms with Crippen molar-refractivity contribution in [2.24, 2.45) is 0 Å². The lowest BCUT2D eigenvalue weighted by Gasteiger charge is -2.15. The summed E-state index contributed by atoms with van der Waals surface area (Å²) in [5, 5.41) is 9.04. The van der Waals surface area contributed by atoms with Crippen LogP contribution in [0.2, 0.25) is 0 Å². The van der Waals surface area contributed by atoms with Crippen LogP contribution in [-0.2, 0) is 11.3 Å². The highest BCUT2D eigenvalue weighted by Crippen LogP contribution is 2.21. The molecule has 1 atom stereocenters. The van der Waals surface area contributed by atoms with Gasteiger partial charge in [0.05, 0.1) is 10.9 Å². The third-order valence-electron chi connectivity index (χ3n) is 3.77. The fourth-order valence-electron chi connectivity index (χ4n) is 2.39. The largest absolute Gasteiger partial charge is 0.445 e. The highest BCUT2D eigenvalue weighted by molar-refractivity contribution is 7.13. The second kappa shape index (κ2) is 8.44. The number of thiophene rings is 1. The number of hydrogen-bond donors (Lipinski definition) is 1. The van der Waals surface area contributed by atoms with E-state index in [1.54, 1.807) is 17.4 Å². The lowest BCUT2D eigenvalue weighted by Crippen LogP contribution is -2.35. The highest BCUT2D eigenvalue weighted by atomic mass is 32.1. The second-order valence-electron chi connectivity index (χ2n) is 5.77. The van der Waals surface area contributed by atoms with Gasteiger partial charge in [0.2, 0.25) is 0 Å². The van der Waals surface area contributed by atoms with Crippen molar-refractivity contribution in [1.82, 2.24) is 15.1 Å². The van der Waals surface area contributed by atoms with Crippen LogP contribution in [-0.4, -0.2) is 22.4 Å². The number of ether oxygens (including phenoxy) is 1. The van der Waals surface area contributed by atoms with E-state index in [1.165, 1.54) is 10.7 Å². The summed E-state index contributed by atoms with van der Waals surface area (Å²) < 4.78 is 6.55. The lowest BCUT2D eigenvalue weighted by atomic mass is 10.2. The summed E-state index contributed by atoms with van der Waals surface area (Å²) in [6, 6.07) is 16.2. The molecular weight excluding hydrogens is 350 g/mol. The molecule has 134 valence electrons. The monoisotopic (exact) mass is 369 g/mol. The van der Waals surface area contributed by atoms with Crippen LogP contribution in [0, 0.1) is 0 Å². The number of hydrogen-bond acceptors (Lipinski definition) is 5.